The number of rotatable bonds is 26. The third-order valence-corrected chi connectivity index (χ3v) is 15.6. The lowest BCUT2D eigenvalue weighted by molar-refractivity contribution is -0.172. The van der Waals surface area contributed by atoms with Crippen LogP contribution in [-0.2, 0) is 88.9 Å². The fourth-order valence-corrected chi connectivity index (χ4v) is 11.0. The number of aromatic nitrogens is 2. The van der Waals surface area contributed by atoms with Crippen LogP contribution in [0.3, 0.4) is 0 Å². The van der Waals surface area contributed by atoms with E-state index in [1.54, 1.807) is 50.2 Å². The molecule has 2 aromatic heterocycles. The second-order valence-corrected chi connectivity index (χ2v) is 21.2. The predicted molar refractivity (Wildman–Crippen MR) is 297 cm³/mol. The van der Waals surface area contributed by atoms with Gasteiger partial charge in [-0.25, -0.2) is 19.0 Å². The highest BCUT2D eigenvalue weighted by Crippen LogP contribution is 2.46. The SMILES string of the molecule is CC[C@@]1(O)C(=O)OCc2c1cc1n(c2=O)Cc2c-1nc1cc(F)c(C)c3c1c2[C@@H](NC(=O)COCNC(=O)CNC(=O)[C@H](Cc1ccccc1)NC(=O)CNC(=O)CNC(=O)[C@H](CCCCNC(=O)C[C@@H]1O[C@H](CO)[C@@H](O)[C@H]1O)NC(=O)OC)CC3. The van der Waals surface area contributed by atoms with Crippen molar-refractivity contribution in [3.05, 3.63) is 97.6 Å². The summed E-state index contributed by atoms with van der Waals surface area (Å²) in [6.45, 7) is -0.246. The number of hydrogen-bond donors (Lipinski definition) is 12. The normalized spacial score (nSPS) is 20.4. The molecular formula is C57H69FN10O18. The number of fused-ring (bicyclic) bond motifs is 5. The summed E-state index contributed by atoms with van der Waals surface area (Å²) in [5.74, 6) is -6.28. The predicted octanol–water partition coefficient (Wildman–Crippen LogP) is -2.32. The zero-order valence-corrected chi connectivity index (χ0v) is 47.4. The van der Waals surface area contributed by atoms with E-state index in [4.69, 9.17) is 19.2 Å². The number of unbranched alkanes of at least 4 members (excludes halogenated alkanes) is 1. The van der Waals surface area contributed by atoms with E-state index in [0.717, 1.165) is 7.11 Å². The lowest BCUT2D eigenvalue weighted by Crippen LogP contribution is -2.53. The monoisotopic (exact) mass is 1200 g/mol. The second kappa shape index (κ2) is 28.1. The first-order valence-electron chi connectivity index (χ1n) is 28.0. The van der Waals surface area contributed by atoms with Crippen LogP contribution in [0.4, 0.5) is 9.18 Å². The molecular weight excluding hydrogens is 1130 g/mol. The lowest BCUT2D eigenvalue weighted by Gasteiger charge is -2.31. The molecule has 5 heterocycles. The number of methoxy groups -OCH3 is 1. The van der Waals surface area contributed by atoms with Gasteiger partial charge in [-0.2, -0.15) is 0 Å². The number of benzene rings is 2. The van der Waals surface area contributed by atoms with Gasteiger partial charge in [0, 0.05) is 35.5 Å². The number of nitrogens with zero attached hydrogens (tertiary/aromatic N) is 2. The Labute approximate surface area is 490 Å². The van der Waals surface area contributed by atoms with Gasteiger partial charge < -0.3 is 86.5 Å². The Morgan fingerprint density at radius 3 is 2.23 bits per heavy atom. The molecule has 0 unspecified atom stereocenters. The largest absolute Gasteiger partial charge is 0.458 e. The number of halogens is 1. The zero-order valence-electron chi connectivity index (χ0n) is 47.4. The van der Waals surface area contributed by atoms with Crippen LogP contribution in [-0.4, -0.2) is 173 Å². The number of alkyl carbamates (subject to hydrolysis) is 1. The number of aryl methyl sites for hydroxylation is 1. The Balaban J connectivity index is 0.786. The molecule has 8 amide bonds. The van der Waals surface area contributed by atoms with Gasteiger partial charge in [-0.15, -0.1) is 0 Å². The molecule has 86 heavy (non-hydrogen) atoms. The number of ether oxygens (including phenoxy) is 4. The van der Waals surface area contributed by atoms with Crippen molar-refractivity contribution in [2.24, 2.45) is 0 Å². The minimum absolute atomic E-state index is 0.0231. The van der Waals surface area contributed by atoms with Gasteiger partial charge in [-0.05, 0) is 73.8 Å². The second-order valence-electron chi connectivity index (χ2n) is 21.2. The molecule has 1 aliphatic carbocycles. The van der Waals surface area contributed by atoms with Crippen molar-refractivity contribution in [2.75, 3.05) is 53.2 Å². The molecule has 0 saturated carbocycles. The highest BCUT2D eigenvalue weighted by atomic mass is 19.1. The molecule has 4 aromatic rings. The molecule has 28 nitrogen and oxygen atoms in total. The zero-order chi connectivity index (χ0) is 62.0. The van der Waals surface area contributed by atoms with Crippen molar-refractivity contribution < 1.29 is 86.9 Å². The van der Waals surface area contributed by atoms with E-state index in [9.17, 15) is 68.4 Å². The molecule has 0 bridgehead atoms. The average molecular weight is 1200 g/mol. The smallest absolute Gasteiger partial charge is 0.407 e. The van der Waals surface area contributed by atoms with Gasteiger partial charge in [-0.1, -0.05) is 37.3 Å². The number of aliphatic hydroxyl groups excluding tert-OH is 3. The van der Waals surface area contributed by atoms with Crippen molar-refractivity contribution in [2.45, 2.75) is 127 Å². The summed E-state index contributed by atoms with van der Waals surface area (Å²) in [4.78, 5) is 135. The van der Waals surface area contributed by atoms with E-state index in [0.29, 0.717) is 75.8 Å². The van der Waals surface area contributed by atoms with Crippen LogP contribution < -0.4 is 48.1 Å². The Kier molecular flexibility index (Phi) is 20.8. The van der Waals surface area contributed by atoms with Crippen molar-refractivity contribution in [3.63, 3.8) is 0 Å². The Morgan fingerprint density at radius 1 is 0.837 bits per heavy atom. The van der Waals surface area contributed by atoms with Crippen LogP contribution >= 0.6 is 0 Å². The first-order chi connectivity index (χ1) is 41.1. The van der Waals surface area contributed by atoms with Gasteiger partial charge in [-0.3, -0.25) is 38.4 Å². The molecule has 3 aliphatic heterocycles. The van der Waals surface area contributed by atoms with E-state index in [1.807, 2.05) is 0 Å². The fraction of sp³-hybridized carbons (Fsp3) is 0.491. The number of aliphatic hydroxyl groups is 4. The summed E-state index contributed by atoms with van der Waals surface area (Å²) in [5, 5.41) is 61.4. The summed E-state index contributed by atoms with van der Waals surface area (Å²) < 4.78 is 37.5. The molecule has 2 aromatic carbocycles. The number of carbonyl (C=O) groups is 9. The number of amides is 8. The molecule has 1 fully saturated rings. The Hall–Kier alpha value is -8.48. The number of nitrogens with one attached hydrogen (secondary N) is 8. The van der Waals surface area contributed by atoms with Gasteiger partial charge in [0.25, 0.3) is 5.56 Å². The molecule has 8 atom stereocenters. The number of cyclic esters (lactones) is 1. The van der Waals surface area contributed by atoms with E-state index in [-0.39, 0.29) is 56.5 Å². The van der Waals surface area contributed by atoms with Crippen LogP contribution in [0.5, 0.6) is 0 Å². The molecule has 12 N–H and O–H groups in total. The summed E-state index contributed by atoms with van der Waals surface area (Å²) in [6, 6.07) is 8.39. The average Bonchev–Trinajstić information content (AvgIpc) is 1.46. The van der Waals surface area contributed by atoms with Crippen LogP contribution in [0.25, 0.3) is 22.3 Å². The van der Waals surface area contributed by atoms with Gasteiger partial charge in [0.1, 0.15) is 56.2 Å². The van der Waals surface area contributed by atoms with E-state index < -0.39 is 153 Å². The van der Waals surface area contributed by atoms with E-state index in [1.165, 1.54) is 10.6 Å². The highest BCUT2D eigenvalue weighted by molar-refractivity contribution is 5.95. The Bertz CT molecular complexity index is 3350. The molecule has 0 radical (unpaired) electrons. The molecule has 29 heteroatoms. The quantitative estimate of drug-likeness (QED) is 0.0157. The maximum atomic E-state index is 15.4. The standard InChI is InChI=1S/C57H69FN10O18/c1-4-57(82)33-17-39-49-31(23-68(39)54(79)32(33)25-85-55(57)80)48-35(14-13-30-28(2)34(58)18-37(66-49)47(30)48)64-46(74)26-84-27-63-44(72)21-62-53(78)38(16-29-10-6-5-7-11-29)65-45(73)22-60-43(71)20-61-52(77)36(67-56(81)83-3)12-8-9-15-59-42(70)19-40-50(75)51(76)41(24-69)86-40/h5-7,10-11,17-18,35-36,38,40-41,50-51,69,75-76,82H,4,8-9,12-16,19-27H2,1-3H3,(H,59,70)(H,60,71)(H,61,77)(H,62,78)(H,63,72)(H,64,74)(H,65,73)(H,67,81)/t35-,36-,38-,40-,41+,50-,51+,57-/m0/s1. The molecule has 8 rings (SSSR count). The van der Waals surface area contributed by atoms with Crippen LogP contribution in [0.2, 0.25) is 0 Å². The van der Waals surface area contributed by atoms with Crippen LogP contribution in [0, 0.1) is 12.7 Å². The summed E-state index contributed by atoms with van der Waals surface area (Å²) in [5.41, 5.74) is 1.61. The first-order valence-corrected chi connectivity index (χ1v) is 28.0. The third kappa shape index (κ3) is 14.4. The fourth-order valence-electron chi connectivity index (χ4n) is 11.0. The van der Waals surface area contributed by atoms with Gasteiger partial charge in [0.05, 0.1) is 80.9 Å². The number of carbonyl (C=O) groups excluding carboxylic acids is 9. The molecule has 462 valence electrons. The van der Waals surface area contributed by atoms with Crippen molar-refractivity contribution in [1.29, 1.82) is 0 Å². The maximum Gasteiger partial charge on any atom is 0.407 e. The summed E-state index contributed by atoms with van der Waals surface area (Å²) >= 11 is 0. The number of esters is 1. The van der Waals surface area contributed by atoms with Gasteiger partial charge in [0.2, 0.25) is 41.4 Å². The van der Waals surface area contributed by atoms with Crippen LogP contribution in [0.1, 0.15) is 90.4 Å². The Morgan fingerprint density at radius 2 is 1.53 bits per heavy atom. The summed E-state index contributed by atoms with van der Waals surface area (Å²) in [6.07, 6.45) is -4.61. The van der Waals surface area contributed by atoms with Crippen molar-refractivity contribution >= 4 is 64.3 Å². The topological polar surface area (TPSA) is 403 Å². The number of pyridine rings is 2. The first kappa shape index (κ1) is 63.5. The minimum Gasteiger partial charge on any atom is -0.458 e. The van der Waals surface area contributed by atoms with Gasteiger partial charge >= 0.3 is 12.1 Å². The molecule has 4 aliphatic rings. The maximum absolute atomic E-state index is 15.4. The molecule has 1 saturated heterocycles. The highest BCUT2D eigenvalue weighted by Gasteiger charge is 2.46. The van der Waals surface area contributed by atoms with Crippen molar-refractivity contribution in [1.82, 2.24) is 52.1 Å². The minimum atomic E-state index is -2.07. The third-order valence-electron chi connectivity index (χ3n) is 15.6. The summed E-state index contributed by atoms with van der Waals surface area (Å²) in [7, 11) is 1.09. The van der Waals surface area contributed by atoms with Crippen LogP contribution in [0.15, 0.2) is 47.3 Å². The van der Waals surface area contributed by atoms with Crippen molar-refractivity contribution in [3.8, 4) is 11.4 Å². The van der Waals surface area contributed by atoms with E-state index >= 15 is 4.39 Å². The molecule has 0 spiro atoms. The van der Waals surface area contributed by atoms with E-state index in [2.05, 4.69) is 47.3 Å². The number of hydrogen-bond acceptors (Lipinski definition) is 19. The van der Waals surface area contributed by atoms with Gasteiger partial charge in [0.15, 0.2) is 5.60 Å². The lowest BCUT2D eigenvalue weighted by atomic mass is 9.81.